The zero-order chi connectivity index (χ0) is 33.3. The smallest absolute Gasteiger partial charge is 0.0619 e. The summed E-state index contributed by atoms with van der Waals surface area (Å²) in [4.78, 5) is 2.53. The van der Waals surface area contributed by atoms with Crippen LogP contribution in [-0.4, -0.2) is 0 Å². The van der Waals surface area contributed by atoms with Crippen LogP contribution >= 0.6 is 0 Å². The van der Waals surface area contributed by atoms with E-state index in [9.17, 15) is 0 Å². The molecule has 1 aliphatic carbocycles. The van der Waals surface area contributed by atoms with Crippen molar-refractivity contribution in [1.82, 2.24) is 0 Å². The van der Waals surface area contributed by atoms with Crippen LogP contribution in [0.3, 0.4) is 0 Å². The summed E-state index contributed by atoms with van der Waals surface area (Å²) in [5, 5.41) is 13.6. The van der Waals surface area contributed by atoms with Gasteiger partial charge >= 0.3 is 0 Å². The van der Waals surface area contributed by atoms with Crippen molar-refractivity contribution in [3.63, 3.8) is 0 Å². The second kappa shape index (κ2) is 9.60. The summed E-state index contributed by atoms with van der Waals surface area (Å²) in [5.41, 5.74) is 9.13. The Morgan fingerprint density at radius 2 is 0.896 bits per heavy atom. The summed E-state index contributed by atoms with van der Waals surface area (Å²) in [6.45, 7) is 18.6. The number of anilines is 3. The van der Waals surface area contributed by atoms with Crippen LogP contribution in [0.25, 0.3) is 53.9 Å². The summed E-state index contributed by atoms with van der Waals surface area (Å²) >= 11 is 0. The number of benzene rings is 8. The molecule has 0 saturated heterocycles. The van der Waals surface area contributed by atoms with Crippen molar-refractivity contribution in [3.05, 3.63) is 138 Å². The summed E-state index contributed by atoms with van der Waals surface area (Å²) in [6, 6.07) is 44.2. The lowest BCUT2D eigenvalue weighted by molar-refractivity contribution is 0.590. The maximum atomic E-state index is 2.53. The average molecular weight is 622 g/mol. The van der Waals surface area contributed by atoms with E-state index in [-0.39, 0.29) is 16.2 Å². The van der Waals surface area contributed by atoms with Crippen molar-refractivity contribution in [3.8, 4) is 0 Å². The number of nitrogens with zero attached hydrogens (tertiary/aromatic N) is 1. The first kappa shape index (κ1) is 29.3. The van der Waals surface area contributed by atoms with Gasteiger partial charge in [-0.05, 0) is 95.1 Å². The second-order valence-corrected chi connectivity index (χ2v) is 16.6. The fraction of sp³-hybridized carbons (Fsp3) is 0.234. The topological polar surface area (TPSA) is 3.24 Å². The van der Waals surface area contributed by atoms with E-state index in [1.54, 1.807) is 0 Å². The zero-order valence-corrected chi connectivity index (χ0v) is 29.4. The molecule has 0 aliphatic heterocycles. The molecule has 8 aromatic rings. The first-order chi connectivity index (χ1) is 22.9. The Kier molecular flexibility index (Phi) is 5.86. The third-order valence-electron chi connectivity index (χ3n) is 11.3. The van der Waals surface area contributed by atoms with E-state index >= 15 is 0 Å². The van der Waals surface area contributed by atoms with Crippen molar-refractivity contribution in [1.29, 1.82) is 0 Å². The Morgan fingerprint density at radius 1 is 0.417 bits per heavy atom. The quantitative estimate of drug-likeness (QED) is 0.140. The molecule has 236 valence electrons. The minimum atomic E-state index is -0.145. The van der Waals surface area contributed by atoms with E-state index in [0.29, 0.717) is 0 Å². The normalized spacial score (nSPS) is 14.4. The lowest BCUT2D eigenvalue weighted by atomic mass is 9.68. The van der Waals surface area contributed by atoms with Crippen LogP contribution in [0, 0.1) is 0 Å². The predicted octanol–water partition coefficient (Wildman–Crippen LogP) is 13.6. The molecule has 0 heterocycles. The van der Waals surface area contributed by atoms with Gasteiger partial charge in [-0.25, -0.2) is 0 Å². The maximum absolute atomic E-state index is 2.53. The van der Waals surface area contributed by atoms with E-state index in [2.05, 4.69) is 176 Å². The Morgan fingerprint density at radius 3 is 1.48 bits per heavy atom. The molecule has 9 rings (SSSR count). The molecule has 0 saturated carbocycles. The number of hydrogen-bond acceptors (Lipinski definition) is 1. The molecule has 1 aliphatic rings. The van der Waals surface area contributed by atoms with Crippen molar-refractivity contribution in [2.75, 3.05) is 4.90 Å². The third kappa shape index (κ3) is 3.91. The van der Waals surface area contributed by atoms with Gasteiger partial charge in [0, 0.05) is 32.9 Å². The first-order valence-corrected chi connectivity index (χ1v) is 17.5. The molecule has 0 unspecified atom stereocenters. The predicted molar refractivity (Wildman–Crippen MR) is 209 cm³/mol. The van der Waals surface area contributed by atoms with Crippen molar-refractivity contribution in [2.24, 2.45) is 0 Å². The minimum absolute atomic E-state index is 0.0776. The molecule has 1 nitrogen and oxygen atoms in total. The summed E-state index contributed by atoms with van der Waals surface area (Å²) in [6.07, 6.45) is 0. The highest BCUT2D eigenvalue weighted by molar-refractivity contribution is 6.42. The van der Waals surface area contributed by atoms with Gasteiger partial charge in [0.15, 0.2) is 0 Å². The Bertz CT molecular complexity index is 2510. The van der Waals surface area contributed by atoms with E-state index in [1.807, 2.05) is 0 Å². The lowest BCUT2D eigenvalue weighted by Gasteiger charge is -2.37. The van der Waals surface area contributed by atoms with Gasteiger partial charge in [-0.2, -0.15) is 0 Å². The number of rotatable bonds is 3. The van der Waals surface area contributed by atoms with Gasteiger partial charge in [0.05, 0.1) is 5.69 Å². The van der Waals surface area contributed by atoms with Crippen LogP contribution in [0.5, 0.6) is 0 Å². The fourth-order valence-corrected chi connectivity index (χ4v) is 8.70. The minimum Gasteiger partial charge on any atom is -0.309 e. The monoisotopic (exact) mass is 621 g/mol. The van der Waals surface area contributed by atoms with Crippen LogP contribution in [0.1, 0.15) is 77.6 Å². The Labute approximate surface area is 284 Å². The molecule has 0 radical (unpaired) electrons. The van der Waals surface area contributed by atoms with Gasteiger partial charge in [-0.1, -0.05) is 146 Å². The van der Waals surface area contributed by atoms with Crippen LogP contribution in [0.15, 0.2) is 115 Å². The van der Waals surface area contributed by atoms with Crippen LogP contribution in [-0.2, 0) is 16.2 Å². The fourth-order valence-electron chi connectivity index (χ4n) is 8.70. The third-order valence-corrected chi connectivity index (χ3v) is 11.3. The Balaban J connectivity index is 1.48. The van der Waals surface area contributed by atoms with Crippen LogP contribution in [0.4, 0.5) is 17.1 Å². The molecule has 0 amide bonds. The van der Waals surface area contributed by atoms with Crippen molar-refractivity contribution in [2.45, 2.75) is 71.6 Å². The molecule has 8 aromatic carbocycles. The van der Waals surface area contributed by atoms with E-state index in [4.69, 9.17) is 0 Å². The van der Waals surface area contributed by atoms with Gasteiger partial charge in [0.1, 0.15) is 0 Å². The molecule has 48 heavy (non-hydrogen) atoms. The van der Waals surface area contributed by atoms with Gasteiger partial charge in [-0.15, -0.1) is 0 Å². The summed E-state index contributed by atoms with van der Waals surface area (Å²) in [7, 11) is 0. The maximum Gasteiger partial charge on any atom is 0.0619 e. The molecule has 0 spiro atoms. The lowest BCUT2D eigenvalue weighted by Crippen LogP contribution is -2.23. The van der Waals surface area contributed by atoms with Crippen LogP contribution in [0.2, 0.25) is 0 Å². The van der Waals surface area contributed by atoms with Gasteiger partial charge in [-0.3, -0.25) is 0 Å². The number of hydrogen-bond donors (Lipinski definition) is 0. The highest BCUT2D eigenvalue weighted by Crippen LogP contribution is 2.57. The summed E-state index contributed by atoms with van der Waals surface area (Å²) in [5.74, 6) is 0. The molecular formula is C47H43N. The van der Waals surface area contributed by atoms with Gasteiger partial charge in [0.2, 0.25) is 0 Å². The highest BCUT2D eigenvalue weighted by atomic mass is 15.1. The van der Waals surface area contributed by atoms with Crippen molar-refractivity contribution >= 4 is 70.9 Å². The zero-order valence-electron chi connectivity index (χ0n) is 29.4. The summed E-state index contributed by atoms with van der Waals surface area (Å²) < 4.78 is 0. The molecule has 1 heteroatoms. The number of fused-ring (bicyclic) bond motifs is 1. The van der Waals surface area contributed by atoms with Gasteiger partial charge in [0.25, 0.3) is 0 Å². The van der Waals surface area contributed by atoms with Crippen LogP contribution < -0.4 is 4.90 Å². The second-order valence-electron chi connectivity index (χ2n) is 16.6. The Hall–Kier alpha value is -4.88. The standard InChI is InChI=1S/C47H43N/c1-45(2,3)29-19-23-31(24-20-29)48(32-25-21-30(22-26-32)46(4,5)6)44-35-15-10-14-34-33-13-9-12-28-18-27-38-42(39(28)33)43(40(34)35)41-36(44)16-11-17-37(41)47(38,7)8/h9-27H,1-8H3. The largest absolute Gasteiger partial charge is 0.309 e. The van der Waals surface area contributed by atoms with E-state index < -0.39 is 0 Å². The molecule has 0 atom stereocenters. The molecular weight excluding hydrogens is 579 g/mol. The molecule has 0 aromatic heterocycles. The van der Waals surface area contributed by atoms with E-state index in [0.717, 1.165) is 0 Å². The highest BCUT2D eigenvalue weighted by Gasteiger charge is 2.36. The van der Waals surface area contributed by atoms with E-state index in [1.165, 1.54) is 93.2 Å². The van der Waals surface area contributed by atoms with Gasteiger partial charge < -0.3 is 4.90 Å². The molecule has 0 N–H and O–H groups in total. The SMILES string of the molecule is CC(C)(C)c1ccc(N(c2ccc(C(C)(C)C)cc2)c2c3cccc4c3c3c5c(ccc6cccc(c7cccc2c73)c65)C4(C)C)cc1. The average Bonchev–Trinajstić information content (AvgIpc) is 3.06. The van der Waals surface area contributed by atoms with Crippen molar-refractivity contribution < 1.29 is 0 Å². The molecule has 0 fully saturated rings. The first-order valence-electron chi connectivity index (χ1n) is 17.5. The molecule has 0 bridgehead atoms.